The van der Waals surface area contributed by atoms with Crippen molar-refractivity contribution in [1.29, 1.82) is 0 Å². The molecule has 34 heavy (non-hydrogen) atoms. The fourth-order valence-corrected chi connectivity index (χ4v) is 5.45. The second-order valence-electron chi connectivity index (χ2n) is 8.69. The summed E-state index contributed by atoms with van der Waals surface area (Å²) in [6, 6.07) is 7.82. The highest BCUT2D eigenvalue weighted by Gasteiger charge is 2.63. The molecular weight excluding hydrogens is 462 g/mol. The van der Waals surface area contributed by atoms with Gasteiger partial charge in [-0.2, -0.15) is 0 Å². The number of benzene rings is 2. The Kier molecular flexibility index (Phi) is 5.09. The number of nitrogens with one attached hydrogen (secondary N) is 1. The first-order chi connectivity index (χ1) is 16.2. The molecule has 8 nitrogen and oxygen atoms in total. The summed E-state index contributed by atoms with van der Waals surface area (Å²) in [5, 5.41) is 12.6. The van der Waals surface area contributed by atoms with Crippen molar-refractivity contribution in [1.82, 2.24) is 5.32 Å². The van der Waals surface area contributed by atoms with Crippen LogP contribution in [0.15, 0.2) is 41.6 Å². The van der Waals surface area contributed by atoms with Gasteiger partial charge in [0.15, 0.2) is 5.75 Å². The van der Waals surface area contributed by atoms with Gasteiger partial charge >= 0.3 is 0 Å². The van der Waals surface area contributed by atoms with Gasteiger partial charge in [-0.25, -0.2) is 0 Å². The van der Waals surface area contributed by atoms with E-state index < -0.39 is 29.0 Å². The Morgan fingerprint density at radius 2 is 1.74 bits per heavy atom. The maximum Gasteiger partial charge on any atom is 0.236 e. The molecule has 9 heteroatoms. The minimum Gasteiger partial charge on any atom is -0.508 e. The maximum atomic E-state index is 14.2. The molecule has 2 aromatic rings. The van der Waals surface area contributed by atoms with E-state index in [-0.39, 0.29) is 52.3 Å². The largest absolute Gasteiger partial charge is 0.508 e. The van der Waals surface area contributed by atoms with Gasteiger partial charge in [-0.3, -0.25) is 14.4 Å². The van der Waals surface area contributed by atoms with Crippen molar-refractivity contribution in [2.45, 2.75) is 31.3 Å². The smallest absolute Gasteiger partial charge is 0.236 e. The molecule has 5 rings (SSSR count). The van der Waals surface area contributed by atoms with Gasteiger partial charge in [-0.1, -0.05) is 30.7 Å². The van der Waals surface area contributed by atoms with Crippen molar-refractivity contribution in [3.63, 3.8) is 0 Å². The van der Waals surface area contributed by atoms with Crippen LogP contribution in [0.2, 0.25) is 5.02 Å². The Labute approximate surface area is 200 Å². The third-order valence-electron chi connectivity index (χ3n) is 6.85. The molecule has 176 valence electrons. The van der Waals surface area contributed by atoms with E-state index in [9.17, 15) is 19.5 Å². The van der Waals surface area contributed by atoms with Gasteiger partial charge in [0.25, 0.3) is 0 Å². The molecular formula is C25H22ClNO7. The summed E-state index contributed by atoms with van der Waals surface area (Å²) in [4.78, 5) is 40.5. The fraction of sp³-hybridized carbons (Fsp3) is 0.320. The van der Waals surface area contributed by atoms with Crippen LogP contribution in [-0.4, -0.2) is 42.4 Å². The van der Waals surface area contributed by atoms with E-state index in [1.807, 2.05) is 0 Å². The van der Waals surface area contributed by atoms with E-state index in [1.165, 1.54) is 32.4 Å². The third kappa shape index (κ3) is 2.94. The number of ether oxygens (including phenoxy) is 3. The summed E-state index contributed by atoms with van der Waals surface area (Å²) >= 11 is 6.48. The quantitative estimate of drug-likeness (QED) is 0.642. The first-order valence-electron chi connectivity index (χ1n) is 10.8. The third-order valence-corrected chi connectivity index (χ3v) is 7.21. The number of amides is 1. The van der Waals surface area contributed by atoms with Crippen molar-refractivity contribution in [3.8, 4) is 23.0 Å². The summed E-state index contributed by atoms with van der Waals surface area (Å²) in [5.41, 5.74) is -0.258. The van der Waals surface area contributed by atoms with Crippen molar-refractivity contribution >= 4 is 29.1 Å². The minimum atomic E-state index is -1.85. The molecule has 0 unspecified atom stereocenters. The molecule has 0 saturated heterocycles. The molecule has 2 heterocycles. The van der Waals surface area contributed by atoms with E-state index in [1.54, 1.807) is 19.1 Å². The lowest BCUT2D eigenvalue weighted by Crippen LogP contribution is -2.59. The zero-order chi connectivity index (χ0) is 24.4. The SMILES string of the molecule is COc1cc(OC)c2c(c1Cl)O[C@@]1(C(=O)C3=C(C[C@H]1C)NC(=O)C[C@@H]3c1ccc(O)cc1)C2=O. The Morgan fingerprint density at radius 3 is 2.38 bits per heavy atom. The Morgan fingerprint density at radius 1 is 1.06 bits per heavy atom. The number of aromatic hydroxyl groups is 1. The molecule has 2 N–H and O–H groups in total. The standard InChI is InChI=1S/C25H22ClNO7/c1-11-8-15-19(14(9-18(29)27-15)12-4-6-13(28)7-5-12)23(30)25(11)24(31)20-16(32-2)10-17(33-3)21(26)22(20)34-25/h4-7,10-11,14,28H,8-9H2,1-3H3,(H,27,29)/t11-,14-,25+/m1/s1. The topological polar surface area (TPSA) is 111 Å². The van der Waals surface area contributed by atoms with Crippen LogP contribution in [0.1, 0.15) is 41.6 Å². The van der Waals surface area contributed by atoms with E-state index in [0.717, 1.165) is 0 Å². The number of Topliss-reactive ketones (excluding diaryl/α,β-unsaturated/α-hetero) is 2. The minimum absolute atomic E-state index is 0.0266. The molecule has 2 aliphatic heterocycles. The lowest BCUT2D eigenvalue weighted by Gasteiger charge is -2.41. The molecule has 1 spiro atoms. The lowest BCUT2D eigenvalue weighted by molar-refractivity contribution is -0.131. The highest BCUT2D eigenvalue weighted by Crippen LogP contribution is 2.55. The number of hydrogen-bond donors (Lipinski definition) is 2. The van der Waals surface area contributed by atoms with Gasteiger partial charge in [0.2, 0.25) is 23.1 Å². The Hall–Kier alpha value is -3.52. The van der Waals surface area contributed by atoms with Crippen LogP contribution < -0.4 is 19.5 Å². The van der Waals surface area contributed by atoms with Crippen molar-refractivity contribution < 1.29 is 33.7 Å². The fourth-order valence-electron chi connectivity index (χ4n) is 5.18. The van der Waals surface area contributed by atoms with E-state index in [4.69, 9.17) is 25.8 Å². The number of allylic oxidation sites excluding steroid dienone is 1. The molecule has 0 radical (unpaired) electrons. The number of phenolic OH excluding ortho intramolecular Hbond substituents is 1. The van der Waals surface area contributed by atoms with Crippen LogP contribution in [0.25, 0.3) is 0 Å². The summed E-state index contributed by atoms with van der Waals surface area (Å²) in [6.45, 7) is 1.74. The maximum absolute atomic E-state index is 14.2. The number of rotatable bonds is 3. The molecule has 0 fully saturated rings. The normalized spacial score (nSPS) is 25.6. The molecule has 1 amide bonds. The van der Waals surface area contributed by atoms with Gasteiger partial charge in [-0.05, 0) is 24.1 Å². The number of hydrogen-bond acceptors (Lipinski definition) is 7. The average molecular weight is 484 g/mol. The average Bonchev–Trinajstić information content (AvgIpc) is 3.13. The van der Waals surface area contributed by atoms with Gasteiger partial charge < -0.3 is 24.6 Å². The van der Waals surface area contributed by atoms with Crippen LogP contribution in [0.4, 0.5) is 0 Å². The molecule has 3 atom stereocenters. The van der Waals surface area contributed by atoms with Crippen molar-refractivity contribution in [2.75, 3.05) is 14.2 Å². The molecule has 1 aliphatic carbocycles. The van der Waals surface area contributed by atoms with Gasteiger partial charge in [0.05, 0.1) is 14.2 Å². The van der Waals surface area contributed by atoms with Crippen LogP contribution in [-0.2, 0) is 9.59 Å². The predicted molar refractivity (Wildman–Crippen MR) is 122 cm³/mol. The lowest BCUT2D eigenvalue weighted by atomic mass is 9.66. The number of carbonyl (C=O) groups excluding carboxylic acids is 3. The number of carbonyl (C=O) groups is 3. The summed E-state index contributed by atoms with van der Waals surface area (Å²) in [6.07, 6.45) is 0.275. The van der Waals surface area contributed by atoms with E-state index in [0.29, 0.717) is 16.8 Å². The van der Waals surface area contributed by atoms with Gasteiger partial charge in [-0.15, -0.1) is 0 Å². The number of fused-ring (bicyclic) bond motifs is 1. The number of halogens is 1. The zero-order valence-corrected chi connectivity index (χ0v) is 19.5. The highest BCUT2D eigenvalue weighted by molar-refractivity contribution is 6.36. The van der Waals surface area contributed by atoms with Crippen LogP contribution in [0.5, 0.6) is 23.0 Å². The number of methoxy groups -OCH3 is 2. The highest BCUT2D eigenvalue weighted by atomic mass is 35.5. The van der Waals surface area contributed by atoms with Crippen LogP contribution >= 0.6 is 11.6 Å². The Balaban J connectivity index is 1.67. The van der Waals surface area contributed by atoms with Crippen molar-refractivity contribution in [3.05, 3.63) is 57.8 Å². The number of phenols is 1. The first kappa shape index (κ1) is 22.3. The molecule has 0 saturated carbocycles. The van der Waals surface area contributed by atoms with Crippen molar-refractivity contribution in [2.24, 2.45) is 5.92 Å². The first-order valence-corrected chi connectivity index (χ1v) is 11.2. The predicted octanol–water partition coefficient (Wildman–Crippen LogP) is 3.54. The molecule has 3 aliphatic rings. The molecule has 2 aromatic carbocycles. The second kappa shape index (κ2) is 7.77. The summed E-state index contributed by atoms with van der Waals surface area (Å²) in [7, 11) is 2.84. The zero-order valence-electron chi connectivity index (χ0n) is 18.7. The summed E-state index contributed by atoms with van der Waals surface area (Å²) in [5.74, 6) is -1.88. The van der Waals surface area contributed by atoms with Gasteiger partial charge in [0.1, 0.15) is 27.8 Å². The second-order valence-corrected chi connectivity index (χ2v) is 9.07. The van der Waals surface area contributed by atoms with E-state index >= 15 is 0 Å². The monoisotopic (exact) mass is 483 g/mol. The Bertz CT molecular complexity index is 1280. The van der Waals surface area contributed by atoms with Crippen LogP contribution in [0.3, 0.4) is 0 Å². The van der Waals surface area contributed by atoms with Crippen LogP contribution in [0, 0.1) is 5.92 Å². The van der Waals surface area contributed by atoms with Gasteiger partial charge in [0, 0.05) is 35.6 Å². The molecule has 0 bridgehead atoms. The number of ketones is 2. The van der Waals surface area contributed by atoms with E-state index in [2.05, 4.69) is 5.32 Å². The molecule has 0 aromatic heterocycles. The summed E-state index contributed by atoms with van der Waals surface area (Å²) < 4.78 is 16.9.